The van der Waals surface area contributed by atoms with E-state index >= 15 is 0 Å². The van der Waals surface area contributed by atoms with Crippen LogP contribution in [0.1, 0.15) is 25.3 Å². The Morgan fingerprint density at radius 2 is 1.68 bits per heavy atom. The molecule has 1 aromatic carbocycles. The minimum atomic E-state index is -1.83. The Morgan fingerprint density at radius 1 is 1.18 bits per heavy atom. The van der Waals surface area contributed by atoms with E-state index in [1.165, 1.54) is 0 Å². The van der Waals surface area contributed by atoms with E-state index in [2.05, 4.69) is 11.9 Å². The Balaban J connectivity index is 0.000000541. The number of nitrogens with zero attached hydrogens (tertiary/aromatic N) is 1. The van der Waals surface area contributed by atoms with E-state index in [0.717, 1.165) is 31.5 Å². The van der Waals surface area contributed by atoms with Gasteiger partial charge in [0.1, 0.15) is 0 Å². The first-order valence-electron chi connectivity index (χ1n) is 7.25. The molecular formula is C16H23NO5. The molecule has 2 N–H and O–H groups in total. The lowest BCUT2D eigenvalue weighted by atomic mass is 9.73. The van der Waals surface area contributed by atoms with Crippen LogP contribution < -0.4 is 0 Å². The largest absolute Gasteiger partial charge is 0.503 e. The molecule has 122 valence electrons. The average molecular weight is 309 g/mol. The number of esters is 1. The summed E-state index contributed by atoms with van der Waals surface area (Å²) in [5.74, 6) is -0.0655. The van der Waals surface area contributed by atoms with E-state index in [4.69, 9.17) is 19.7 Å². The third-order valence-electron chi connectivity index (χ3n) is 3.83. The molecule has 0 amide bonds. The van der Waals surface area contributed by atoms with Gasteiger partial charge in [-0.3, -0.25) is 4.79 Å². The molecule has 22 heavy (non-hydrogen) atoms. The topological polar surface area (TPSA) is 87.1 Å². The van der Waals surface area contributed by atoms with Crippen LogP contribution in [0.2, 0.25) is 0 Å². The van der Waals surface area contributed by atoms with Gasteiger partial charge in [0, 0.05) is 0 Å². The summed E-state index contributed by atoms with van der Waals surface area (Å²) in [5, 5.41) is 13.9. The van der Waals surface area contributed by atoms with E-state index < -0.39 is 11.6 Å². The lowest BCUT2D eigenvalue weighted by Gasteiger charge is -2.38. The van der Waals surface area contributed by atoms with Gasteiger partial charge < -0.3 is 19.8 Å². The van der Waals surface area contributed by atoms with Crippen LogP contribution in [0.4, 0.5) is 4.79 Å². The highest BCUT2D eigenvalue weighted by molar-refractivity contribution is 5.83. The highest BCUT2D eigenvalue weighted by Crippen LogP contribution is 2.36. The van der Waals surface area contributed by atoms with Gasteiger partial charge in [-0.2, -0.15) is 0 Å². The van der Waals surface area contributed by atoms with Gasteiger partial charge in [0.2, 0.25) is 0 Å². The highest BCUT2D eigenvalue weighted by atomic mass is 16.6. The predicted molar refractivity (Wildman–Crippen MR) is 82.1 cm³/mol. The third kappa shape index (κ3) is 4.73. The third-order valence-corrected chi connectivity index (χ3v) is 3.83. The van der Waals surface area contributed by atoms with Gasteiger partial charge in [0.05, 0.1) is 12.0 Å². The Hall–Kier alpha value is -2.08. The van der Waals surface area contributed by atoms with Crippen LogP contribution in [0, 0.1) is 0 Å². The molecule has 0 atom stereocenters. The zero-order valence-electron chi connectivity index (χ0n) is 13.0. The van der Waals surface area contributed by atoms with Crippen LogP contribution >= 0.6 is 0 Å². The molecule has 1 aliphatic heterocycles. The maximum Gasteiger partial charge on any atom is 0.503 e. The van der Waals surface area contributed by atoms with Crippen LogP contribution in [-0.2, 0) is 14.9 Å². The van der Waals surface area contributed by atoms with Crippen molar-refractivity contribution in [3.05, 3.63) is 35.9 Å². The number of hydrogen-bond donors (Lipinski definition) is 2. The van der Waals surface area contributed by atoms with E-state index in [1.807, 2.05) is 37.3 Å². The molecule has 1 saturated heterocycles. The lowest BCUT2D eigenvalue weighted by Crippen LogP contribution is -2.47. The van der Waals surface area contributed by atoms with E-state index in [9.17, 15) is 4.79 Å². The van der Waals surface area contributed by atoms with Crippen molar-refractivity contribution in [1.82, 2.24) is 4.90 Å². The van der Waals surface area contributed by atoms with E-state index in [0.29, 0.717) is 6.61 Å². The Bertz CT molecular complexity index is 477. The first-order valence-corrected chi connectivity index (χ1v) is 7.25. The van der Waals surface area contributed by atoms with Crippen molar-refractivity contribution >= 4 is 12.1 Å². The van der Waals surface area contributed by atoms with Crippen LogP contribution in [0.3, 0.4) is 0 Å². The summed E-state index contributed by atoms with van der Waals surface area (Å²) in [7, 11) is 2.10. The maximum atomic E-state index is 12.4. The molecule has 2 rings (SSSR count). The molecule has 0 spiro atoms. The molecule has 1 fully saturated rings. The standard InChI is InChI=1S/C15H21NO2.CH2O3/c1-3-18-14(17)15(9-11-16(2)12-10-15)13-7-5-4-6-8-13;2-1(3)4/h4-8H,3,9-12H2,1-2H3;(H2,2,3,4). The number of carboxylic acid groups (broad SMARTS) is 2. The lowest BCUT2D eigenvalue weighted by molar-refractivity contribution is -0.152. The Morgan fingerprint density at radius 3 is 2.14 bits per heavy atom. The predicted octanol–water partition coefficient (Wildman–Crippen LogP) is 2.44. The number of carbonyl (C=O) groups excluding carboxylic acids is 1. The summed E-state index contributed by atoms with van der Waals surface area (Å²) in [4.78, 5) is 23.2. The number of benzene rings is 1. The van der Waals surface area contributed by atoms with Gasteiger partial charge in [-0.15, -0.1) is 0 Å². The van der Waals surface area contributed by atoms with Gasteiger partial charge in [0.25, 0.3) is 0 Å². The summed E-state index contributed by atoms with van der Waals surface area (Å²) in [6.45, 7) is 4.19. The van der Waals surface area contributed by atoms with Crippen LogP contribution in [0.5, 0.6) is 0 Å². The summed E-state index contributed by atoms with van der Waals surface area (Å²) in [5.41, 5.74) is 0.653. The second-order valence-corrected chi connectivity index (χ2v) is 5.25. The second-order valence-electron chi connectivity index (χ2n) is 5.25. The first-order chi connectivity index (χ1) is 10.4. The van der Waals surface area contributed by atoms with Gasteiger partial charge in [0.15, 0.2) is 0 Å². The fraction of sp³-hybridized carbons (Fsp3) is 0.500. The average Bonchev–Trinajstić information content (AvgIpc) is 2.49. The van der Waals surface area contributed by atoms with Crippen LogP contribution in [0.25, 0.3) is 0 Å². The van der Waals surface area contributed by atoms with Crippen molar-refractivity contribution in [2.75, 3.05) is 26.7 Å². The molecule has 6 nitrogen and oxygen atoms in total. The molecule has 1 aromatic rings. The number of likely N-dealkylation sites (tertiary alicyclic amines) is 1. The molecular weight excluding hydrogens is 286 g/mol. The molecule has 6 heteroatoms. The maximum absolute atomic E-state index is 12.4. The fourth-order valence-electron chi connectivity index (χ4n) is 2.64. The monoisotopic (exact) mass is 309 g/mol. The van der Waals surface area contributed by atoms with Gasteiger partial charge in [-0.05, 0) is 45.5 Å². The summed E-state index contributed by atoms with van der Waals surface area (Å²) in [6, 6.07) is 10.1. The molecule has 0 radical (unpaired) electrons. The highest BCUT2D eigenvalue weighted by Gasteiger charge is 2.43. The van der Waals surface area contributed by atoms with Gasteiger partial charge in [-0.1, -0.05) is 30.3 Å². The van der Waals surface area contributed by atoms with E-state index in [1.54, 1.807) is 0 Å². The smallest absolute Gasteiger partial charge is 0.465 e. The van der Waals surface area contributed by atoms with Crippen molar-refractivity contribution < 1.29 is 24.5 Å². The first kappa shape index (κ1) is 18.0. The van der Waals surface area contributed by atoms with Crippen LogP contribution in [0.15, 0.2) is 30.3 Å². The molecule has 0 saturated carbocycles. The second kappa shape index (κ2) is 8.38. The van der Waals surface area contributed by atoms with E-state index in [-0.39, 0.29) is 5.97 Å². The van der Waals surface area contributed by atoms with Crippen LogP contribution in [-0.4, -0.2) is 54.0 Å². The van der Waals surface area contributed by atoms with Crippen molar-refractivity contribution in [1.29, 1.82) is 0 Å². The molecule has 1 heterocycles. The molecule has 0 bridgehead atoms. The fourth-order valence-corrected chi connectivity index (χ4v) is 2.64. The van der Waals surface area contributed by atoms with Gasteiger partial charge >= 0.3 is 12.1 Å². The van der Waals surface area contributed by atoms with Crippen molar-refractivity contribution in [3.63, 3.8) is 0 Å². The molecule has 0 unspecified atom stereocenters. The molecule has 0 aliphatic carbocycles. The summed E-state index contributed by atoms with van der Waals surface area (Å²) < 4.78 is 5.32. The molecule has 1 aliphatic rings. The number of hydrogen-bond acceptors (Lipinski definition) is 4. The zero-order chi connectivity index (χ0) is 16.6. The number of piperidine rings is 1. The van der Waals surface area contributed by atoms with Crippen molar-refractivity contribution in [2.45, 2.75) is 25.2 Å². The van der Waals surface area contributed by atoms with Gasteiger partial charge in [-0.25, -0.2) is 4.79 Å². The normalized spacial score (nSPS) is 17.0. The molecule has 0 aromatic heterocycles. The minimum Gasteiger partial charge on any atom is -0.465 e. The Labute approximate surface area is 130 Å². The quantitative estimate of drug-likeness (QED) is 0.834. The minimum absolute atomic E-state index is 0.0655. The zero-order valence-corrected chi connectivity index (χ0v) is 13.0. The SMILES string of the molecule is CCOC(=O)C1(c2ccccc2)CCN(C)CC1.O=C(O)O. The number of carbonyl (C=O) groups is 2. The van der Waals surface area contributed by atoms with Crippen molar-refractivity contribution in [3.8, 4) is 0 Å². The number of rotatable bonds is 3. The number of ether oxygens (including phenoxy) is 1. The van der Waals surface area contributed by atoms with Crippen molar-refractivity contribution in [2.24, 2.45) is 0 Å². The Kier molecular flexibility index (Phi) is 6.85. The summed E-state index contributed by atoms with van der Waals surface area (Å²) >= 11 is 0. The summed E-state index contributed by atoms with van der Waals surface area (Å²) in [6.07, 6.45) is -0.154.